The lowest BCUT2D eigenvalue weighted by Gasteiger charge is -2.29. The van der Waals surface area contributed by atoms with Gasteiger partial charge in [0.2, 0.25) is 0 Å². The number of halogens is 1. The number of hydrogen-bond acceptors (Lipinski definition) is 2. The molecule has 0 aliphatic heterocycles. The van der Waals surface area contributed by atoms with E-state index < -0.39 is 0 Å². The lowest BCUT2D eigenvalue weighted by molar-refractivity contribution is -0.891. The van der Waals surface area contributed by atoms with Crippen LogP contribution in [0.3, 0.4) is 0 Å². The molecule has 0 aromatic carbocycles. The number of quaternary nitrogens is 1. The lowest BCUT2D eigenvalue weighted by Crippen LogP contribution is -3.00. The minimum Gasteiger partial charge on any atom is -1.00 e. The normalized spacial score (nSPS) is 11.1. The van der Waals surface area contributed by atoms with Gasteiger partial charge in [-0.2, -0.15) is 5.26 Å². The predicted molar refractivity (Wildman–Crippen MR) is 104 cm³/mol. The minimum atomic E-state index is 0. The molecule has 0 N–H and O–H groups in total. The minimum absolute atomic E-state index is 0. The first-order valence-electron chi connectivity index (χ1n) is 10.4. The molecule has 4 heteroatoms. The second-order valence-electron chi connectivity index (χ2n) is 7.79. The number of rotatable bonds is 18. The van der Waals surface area contributed by atoms with Crippen molar-refractivity contribution in [3.05, 3.63) is 0 Å². The molecule has 0 aliphatic rings. The highest BCUT2D eigenvalue weighted by atomic mass is 35.5. The molecule has 150 valence electrons. The summed E-state index contributed by atoms with van der Waals surface area (Å²) in [5, 5.41) is 8.47. The highest BCUT2D eigenvalue weighted by Gasteiger charge is 2.13. The summed E-state index contributed by atoms with van der Waals surface area (Å²) >= 11 is 0. The van der Waals surface area contributed by atoms with E-state index in [1.54, 1.807) is 0 Å². The van der Waals surface area contributed by atoms with Crippen LogP contribution < -0.4 is 12.4 Å². The monoisotopic (exact) mass is 374 g/mol. The van der Waals surface area contributed by atoms with Crippen LogP contribution in [0.5, 0.6) is 0 Å². The molecule has 0 radical (unpaired) electrons. The first-order chi connectivity index (χ1) is 11.6. The van der Waals surface area contributed by atoms with E-state index in [9.17, 15) is 0 Å². The van der Waals surface area contributed by atoms with Gasteiger partial charge in [0, 0.05) is 0 Å². The quantitative estimate of drug-likeness (QED) is 0.273. The van der Waals surface area contributed by atoms with Crippen molar-refractivity contribution in [2.45, 2.75) is 90.4 Å². The van der Waals surface area contributed by atoms with Crippen molar-refractivity contribution < 1.29 is 21.6 Å². The number of nitriles is 1. The first kappa shape index (κ1) is 26.9. The summed E-state index contributed by atoms with van der Waals surface area (Å²) in [5.41, 5.74) is 0. The van der Waals surface area contributed by atoms with E-state index in [-0.39, 0.29) is 12.4 Å². The van der Waals surface area contributed by atoms with Crippen LogP contribution in [-0.2, 0) is 4.74 Å². The van der Waals surface area contributed by atoms with Gasteiger partial charge in [-0.1, -0.05) is 71.1 Å². The molecule has 0 aliphatic carbocycles. The lowest BCUT2D eigenvalue weighted by atomic mass is 10.1. The Kier molecular flexibility index (Phi) is 21.6. The molecule has 0 aromatic heterocycles. The fraction of sp³-hybridized carbons (Fsp3) is 0.952. The Labute approximate surface area is 164 Å². The second kappa shape index (κ2) is 20.0. The third-order valence-corrected chi connectivity index (χ3v) is 4.82. The fourth-order valence-corrected chi connectivity index (χ4v) is 3.02. The Morgan fingerprint density at radius 2 is 1.20 bits per heavy atom. The summed E-state index contributed by atoms with van der Waals surface area (Å²) in [4.78, 5) is 0. The number of likely N-dealkylation sites (N-methyl/N-ethyl adjacent to an activating group) is 1. The summed E-state index contributed by atoms with van der Waals surface area (Å²) < 4.78 is 6.52. The largest absolute Gasteiger partial charge is 1.00 e. The maximum atomic E-state index is 8.47. The van der Waals surface area contributed by atoms with Gasteiger partial charge in [-0.15, -0.1) is 0 Å². The number of hydrogen-bond donors (Lipinski definition) is 0. The van der Waals surface area contributed by atoms with Crippen LogP contribution in [0.25, 0.3) is 0 Å². The molecule has 0 fully saturated rings. The maximum Gasteiger partial charge on any atom is 0.102 e. The van der Waals surface area contributed by atoms with Crippen LogP contribution in [0, 0.1) is 11.3 Å². The van der Waals surface area contributed by atoms with Crippen molar-refractivity contribution in [2.24, 2.45) is 0 Å². The number of unbranched alkanes of at least 4 members (excludes halogenated alkanes) is 11. The zero-order valence-electron chi connectivity index (χ0n) is 17.2. The van der Waals surface area contributed by atoms with Crippen LogP contribution in [-0.4, -0.2) is 44.9 Å². The molecule has 0 bridgehead atoms. The van der Waals surface area contributed by atoms with Gasteiger partial charge >= 0.3 is 0 Å². The van der Waals surface area contributed by atoms with E-state index >= 15 is 0 Å². The van der Waals surface area contributed by atoms with Gasteiger partial charge in [0.15, 0.2) is 0 Å². The summed E-state index contributed by atoms with van der Waals surface area (Å²) in [6.45, 7) is 5.91. The molecule has 0 unspecified atom stereocenters. The average Bonchev–Trinajstić information content (AvgIpc) is 2.55. The standard InChI is InChI=1S/C21H43N2O.ClH/c1-4-5-6-7-8-9-10-11-12-13-14-15-18-23(2,3)19-21-24-20-16-17-22;/h4-16,18-21H2,1-3H3;1H/q+1;/p-1. The number of nitrogens with zero attached hydrogens (tertiary/aromatic N) is 2. The van der Waals surface area contributed by atoms with E-state index in [1.165, 1.54) is 83.6 Å². The van der Waals surface area contributed by atoms with Crippen LogP contribution in [0.4, 0.5) is 0 Å². The molecule has 0 aromatic rings. The molecule has 3 nitrogen and oxygen atoms in total. The Bertz CT molecular complexity index is 303. The van der Waals surface area contributed by atoms with E-state index in [0.717, 1.165) is 17.6 Å². The Hall–Kier alpha value is -0.300. The summed E-state index contributed by atoms with van der Waals surface area (Å²) in [7, 11) is 4.57. The SMILES string of the molecule is CCCCCCCCCCCCCC[N+](C)(C)CCOCCC#N.[Cl-]. The van der Waals surface area contributed by atoms with Crippen molar-refractivity contribution in [1.82, 2.24) is 0 Å². The fourth-order valence-electron chi connectivity index (χ4n) is 3.02. The van der Waals surface area contributed by atoms with Crippen molar-refractivity contribution in [1.29, 1.82) is 5.26 Å². The van der Waals surface area contributed by atoms with Gasteiger partial charge < -0.3 is 21.6 Å². The van der Waals surface area contributed by atoms with Crippen molar-refractivity contribution >= 4 is 0 Å². The van der Waals surface area contributed by atoms with Crippen LogP contribution in [0.15, 0.2) is 0 Å². The summed E-state index contributed by atoms with van der Waals surface area (Å²) in [5.74, 6) is 0. The molecule has 0 rings (SSSR count). The predicted octanol–water partition coefficient (Wildman–Crippen LogP) is 2.70. The molecular formula is C21H43ClN2O. The Morgan fingerprint density at radius 3 is 1.68 bits per heavy atom. The molecule has 0 amide bonds. The van der Waals surface area contributed by atoms with E-state index in [4.69, 9.17) is 10.00 Å². The van der Waals surface area contributed by atoms with Gasteiger partial charge in [0.1, 0.15) is 6.54 Å². The smallest absolute Gasteiger partial charge is 0.102 e. The van der Waals surface area contributed by atoms with Gasteiger partial charge in [0.25, 0.3) is 0 Å². The molecule has 25 heavy (non-hydrogen) atoms. The number of ether oxygens (including phenoxy) is 1. The molecule has 0 spiro atoms. The van der Waals surface area contributed by atoms with Crippen molar-refractivity contribution in [3.8, 4) is 6.07 Å². The molecule has 0 saturated heterocycles. The van der Waals surface area contributed by atoms with Gasteiger partial charge in [0.05, 0.1) is 46.3 Å². The van der Waals surface area contributed by atoms with Gasteiger partial charge in [-0.25, -0.2) is 0 Å². The van der Waals surface area contributed by atoms with Crippen molar-refractivity contribution in [2.75, 3.05) is 40.4 Å². The van der Waals surface area contributed by atoms with E-state index in [0.29, 0.717) is 13.0 Å². The maximum absolute atomic E-state index is 8.47. The summed E-state index contributed by atoms with van der Waals surface area (Å²) in [6.07, 6.45) is 17.4. The molecule has 0 saturated carbocycles. The van der Waals surface area contributed by atoms with Crippen LogP contribution in [0.2, 0.25) is 0 Å². The molecule has 0 heterocycles. The zero-order chi connectivity index (χ0) is 17.9. The third-order valence-electron chi connectivity index (χ3n) is 4.82. The van der Waals surface area contributed by atoms with Crippen LogP contribution in [0.1, 0.15) is 90.4 Å². The van der Waals surface area contributed by atoms with Crippen molar-refractivity contribution in [3.63, 3.8) is 0 Å². The second-order valence-corrected chi connectivity index (χ2v) is 7.79. The zero-order valence-corrected chi connectivity index (χ0v) is 18.0. The highest BCUT2D eigenvalue weighted by Crippen LogP contribution is 2.12. The van der Waals surface area contributed by atoms with E-state index in [1.807, 2.05) is 0 Å². The summed E-state index contributed by atoms with van der Waals surface area (Å²) in [6, 6.07) is 2.11. The third kappa shape index (κ3) is 21.7. The van der Waals surface area contributed by atoms with Gasteiger partial charge in [-0.05, 0) is 12.8 Å². The Balaban J connectivity index is 0. The molecular weight excluding hydrogens is 332 g/mol. The highest BCUT2D eigenvalue weighted by molar-refractivity contribution is 4.66. The van der Waals surface area contributed by atoms with Crippen LogP contribution >= 0.6 is 0 Å². The first-order valence-corrected chi connectivity index (χ1v) is 10.4. The Morgan fingerprint density at radius 1 is 0.720 bits per heavy atom. The van der Waals surface area contributed by atoms with Gasteiger partial charge in [-0.3, -0.25) is 0 Å². The van der Waals surface area contributed by atoms with E-state index in [2.05, 4.69) is 27.1 Å². The average molecular weight is 375 g/mol. The molecule has 0 atom stereocenters. The topological polar surface area (TPSA) is 33.0 Å².